The van der Waals surface area contributed by atoms with Crippen LogP contribution in [0.4, 0.5) is 11.6 Å². The molecule has 118 valence electrons. The lowest BCUT2D eigenvalue weighted by Gasteiger charge is -2.08. The Kier molecular flexibility index (Phi) is 4.23. The molecule has 2 heterocycles. The molecule has 0 radical (unpaired) electrons. The van der Waals surface area contributed by atoms with Gasteiger partial charge in [-0.05, 0) is 38.1 Å². The van der Waals surface area contributed by atoms with Crippen molar-refractivity contribution in [2.24, 2.45) is 0 Å². The van der Waals surface area contributed by atoms with Crippen molar-refractivity contribution in [1.82, 2.24) is 15.0 Å². The van der Waals surface area contributed by atoms with Crippen LogP contribution in [-0.4, -0.2) is 27.4 Å². The van der Waals surface area contributed by atoms with E-state index in [0.29, 0.717) is 18.9 Å². The number of nitrogens with zero attached hydrogens (tertiary/aromatic N) is 2. The molecule has 0 aliphatic rings. The van der Waals surface area contributed by atoms with Gasteiger partial charge in [-0.25, -0.2) is 9.97 Å². The number of aromatic nitrogens is 3. The summed E-state index contributed by atoms with van der Waals surface area (Å²) in [6.45, 7) is 4.33. The summed E-state index contributed by atoms with van der Waals surface area (Å²) in [6.07, 6.45) is 2.20. The smallest absolute Gasteiger partial charge is 0.226 e. The highest BCUT2D eigenvalue weighted by Crippen LogP contribution is 2.22. The molecule has 0 saturated carbocycles. The zero-order valence-corrected chi connectivity index (χ0v) is 13.2. The first-order valence-corrected chi connectivity index (χ1v) is 7.54. The van der Waals surface area contributed by atoms with E-state index in [-0.39, 0.29) is 5.91 Å². The first-order chi connectivity index (χ1) is 11.1. The number of rotatable bonds is 5. The Labute approximate surface area is 134 Å². The number of hydrogen-bond acceptors (Lipinski definition) is 4. The van der Waals surface area contributed by atoms with Crippen LogP contribution in [0.2, 0.25) is 0 Å². The zero-order valence-electron chi connectivity index (χ0n) is 13.2. The van der Waals surface area contributed by atoms with Crippen LogP contribution in [0.1, 0.15) is 17.8 Å². The number of hydrogen-bond donors (Lipinski definition) is 3. The summed E-state index contributed by atoms with van der Waals surface area (Å²) in [5.41, 5.74) is 3.63. The van der Waals surface area contributed by atoms with Crippen molar-refractivity contribution in [3.8, 4) is 0 Å². The maximum absolute atomic E-state index is 12.1. The normalized spacial score (nSPS) is 10.7. The summed E-state index contributed by atoms with van der Waals surface area (Å²) in [7, 11) is 0. The van der Waals surface area contributed by atoms with Gasteiger partial charge in [-0.15, -0.1) is 0 Å². The van der Waals surface area contributed by atoms with Gasteiger partial charge in [0.15, 0.2) is 0 Å². The van der Waals surface area contributed by atoms with Crippen LogP contribution >= 0.6 is 0 Å². The third-order valence-electron chi connectivity index (χ3n) is 3.49. The third kappa shape index (κ3) is 3.66. The molecule has 0 saturated heterocycles. The molecule has 3 aromatic rings. The molecule has 0 atom stereocenters. The Bertz CT molecular complexity index is 820. The lowest BCUT2D eigenvalue weighted by atomic mass is 10.2. The van der Waals surface area contributed by atoms with Gasteiger partial charge in [0.1, 0.15) is 0 Å². The summed E-state index contributed by atoms with van der Waals surface area (Å²) in [5, 5.41) is 7.03. The van der Waals surface area contributed by atoms with Crippen molar-refractivity contribution in [3.63, 3.8) is 0 Å². The van der Waals surface area contributed by atoms with Gasteiger partial charge in [0.05, 0.1) is 5.69 Å². The summed E-state index contributed by atoms with van der Waals surface area (Å²) in [5.74, 6) is 0.513. The Morgan fingerprint density at radius 1 is 1.17 bits per heavy atom. The average molecular weight is 309 g/mol. The second-order valence-electron chi connectivity index (χ2n) is 5.44. The van der Waals surface area contributed by atoms with E-state index in [1.165, 1.54) is 0 Å². The summed E-state index contributed by atoms with van der Waals surface area (Å²) < 4.78 is 0. The van der Waals surface area contributed by atoms with Gasteiger partial charge in [0.25, 0.3) is 0 Å². The van der Waals surface area contributed by atoms with Crippen molar-refractivity contribution in [1.29, 1.82) is 0 Å². The largest absolute Gasteiger partial charge is 0.361 e. The Morgan fingerprint density at radius 3 is 2.74 bits per heavy atom. The summed E-state index contributed by atoms with van der Waals surface area (Å²) >= 11 is 0. The maximum Gasteiger partial charge on any atom is 0.226 e. The fourth-order valence-corrected chi connectivity index (χ4v) is 2.50. The number of carbonyl (C=O) groups excluding carboxylic acids is 1. The highest BCUT2D eigenvalue weighted by atomic mass is 16.1. The topological polar surface area (TPSA) is 82.7 Å². The second-order valence-corrected chi connectivity index (χ2v) is 5.44. The van der Waals surface area contributed by atoms with E-state index < -0.39 is 0 Å². The lowest BCUT2D eigenvalue weighted by Crippen LogP contribution is -2.17. The lowest BCUT2D eigenvalue weighted by molar-refractivity contribution is -0.115. The molecule has 1 amide bonds. The van der Waals surface area contributed by atoms with Crippen molar-refractivity contribution in [3.05, 3.63) is 47.9 Å². The van der Waals surface area contributed by atoms with E-state index >= 15 is 0 Å². The molecule has 0 unspecified atom stereocenters. The quantitative estimate of drug-likeness (QED) is 0.676. The molecular weight excluding hydrogens is 290 g/mol. The SMILES string of the molecule is Cc1cc(C)nc(NCCC(=O)Nc2cccc3[nH]ccc23)n1. The Morgan fingerprint density at radius 2 is 1.96 bits per heavy atom. The fraction of sp³-hybridized carbons (Fsp3) is 0.235. The van der Waals surface area contributed by atoms with E-state index in [1.807, 2.05) is 50.4 Å². The molecule has 2 aromatic heterocycles. The molecule has 3 N–H and O–H groups in total. The van der Waals surface area contributed by atoms with Gasteiger partial charge in [-0.1, -0.05) is 6.07 Å². The molecular formula is C17H19N5O. The Hall–Kier alpha value is -2.89. The van der Waals surface area contributed by atoms with E-state index in [0.717, 1.165) is 28.0 Å². The summed E-state index contributed by atoms with van der Waals surface area (Å²) in [4.78, 5) is 23.8. The van der Waals surface area contributed by atoms with E-state index in [1.54, 1.807) is 0 Å². The molecule has 23 heavy (non-hydrogen) atoms. The molecule has 0 spiro atoms. The van der Waals surface area contributed by atoms with Gasteiger partial charge >= 0.3 is 0 Å². The molecule has 6 nitrogen and oxygen atoms in total. The first-order valence-electron chi connectivity index (χ1n) is 7.54. The molecule has 3 rings (SSSR count). The van der Waals surface area contributed by atoms with Gasteiger partial charge in [-0.3, -0.25) is 4.79 Å². The molecule has 0 aliphatic carbocycles. The first kappa shape index (κ1) is 15.0. The van der Waals surface area contributed by atoms with Crippen LogP contribution in [0, 0.1) is 13.8 Å². The van der Waals surface area contributed by atoms with Crippen molar-refractivity contribution in [2.75, 3.05) is 17.2 Å². The second kappa shape index (κ2) is 6.48. The number of amides is 1. The minimum Gasteiger partial charge on any atom is -0.361 e. The zero-order chi connectivity index (χ0) is 16.2. The van der Waals surface area contributed by atoms with E-state index in [4.69, 9.17) is 0 Å². The number of carbonyl (C=O) groups is 1. The van der Waals surface area contributed by atoms with Crippen LogP contribution < -0.4 is 10.6 Å². The van der Waals surface area contributed by atoms with Gasteiger partial charge in [0.2, 0.25) is 11.9 Å². The van der Waals surface area contributed by atoms with Crippen LogP contribution in [0.15, 0.2) is 36.5 Å². The fourth-order valence-electron chi connectivity index (χ4n) is 2.50. The van der Waals surface area contributed by atoms with Gasteiger partial charge in [-0.2, -0.15) is 0 Å². The minimum absolute atomic E-state index is 0.0458. The van der Waals surface area contributed by atoms with Crippen molar-refractivity contribution < 1.29 is 4.79 Å². The average Bonchev–Trinajstić information content (AvgIpc) is 2.96. The predicted molar refractivity (Wildman–Crippen MR) is 91.5 cm³/mol. The number of anilines is 2. The third-order valence-corrected chi connectivity index (χ3v) is 3.49. The van der Waals surface area contributed by atoms with Crippen LogP contribution in [0.3, 0.4) is 0 Å². The molecule has 0 fully saturated rings. The van der Waals surface area contributed by atoms with Crippen molar-refractivity contribution >= 4 is 28.4 Å². The van der Waals surface area contributed by atoms with E-state index in [2.05, 4.69) is 25.6 Å². The number of aryl methyl sites for hydroxylation is 2. The van der Waals surface area contributed by atoms with Gasteiger partial charge in [0, 0.05) is 41.5 Å². The van der Waals surface area contributed by atoms with E-state index in [9.17, 15) is 4.79 Å². The number of aromatic amines is 1. The van der Waals surface area contributed by atoms with Gasteiger partial charge < -0.3 is 15.6 Å². The van der Waals surface area contributed by atoms with Crippen molar-refractivity contribution in [2.45, 2.75) is 20.3 Å². The molecule has 1 aromatic carbocycles. The number of H-pyrrole nitrogens is 1. The maximum atomic E-state index is 12.1. The molecule has 0 bridgehead atoms. The predicted octanol–water partition coefficient (Wildman–Crippen LogP) is 3.02. The monoisotopic (exact) mass is 309 g/mol. The number of fused-ring (bicyclic) bond motifs is 1. The standard InChI is InChI=1S/C17H19N5O/c1-11-10-12(2)21-17(20-11)19-9-7-16(23)22-15-5-3-4-14-13(15)6-8-18-14/h3-6,8,10,18H,7,9H2,1-2H3,(H,22,23)(H,19,20,21). The number of nitrogens with one attached hydrogen (secondary N) is 3. The number of benzene rings is 1. The van der Waals surface area contributed by atoms with Crippen LogP contribution in [0.25, 0.3) is 10.9 Å². The Balaban J connectivity index is 1.56. The molecule has 6 heteroatoms. The summed E-state index contributed by atoms with van der Waals surface area (Å²) in [6, 6.07) is 9.65. The van der Waals surface area contributed by atoms with Crippen LogP contribution in [-0.2, 0) is 4.79 Å². The minimum atomic E-state index is -0.0458. The molecule has 0 aliphatic heterocycles. The van der Waals surface area contributed by atoms with Crippen LogP contribution in [0.5, 0.6) is 0 Å². The highest BCUT2D eigenvalue weighted by Gasteiger charge is 2.07. The highest BCUT2D eigenvalue weighted by molar-refractivity contribution is 6.01.